The van der Waals surface area contributed by atoms with E-state index >= 15 is 0 Å². The number of carbonyl (C=O) groups excluding carboxylic acids is 2. The molecule has 0 saturated heterocycles. The van der Waals surface area contributed by atoms with Crippen molar-refractivity contribution in [2.24, 2.45) is 0 Å². The van der Waals surface area contributed by atoms with Gasteiger partial charge in [-0.05, 0) is 50.2 Å². The average Bonchev–Trinajstić information content (AvgIpc) is 3.17. The number of nitrogens with zero attached hydrogens (tertiary/aromatic N) is 3. The standard InChI is InChI=1S/C21H22ClN5O3S/c1-3-23-20(29)24-18(28)13-31-21-26-25-19(14-6-5-7-15(22)12-14)27(21)16-8-10-17(11-9-16)30-4-2/h5-12H,3-4,13H2,1-2H3,(H2,23,24,28,29). The molecule has 31 heavy (non-hydrogen) atoms. The van der Waals surface area contributed by atoms with Crippen LogP contribution in [0.1, 0.15) is 13.8 Å². The molecule has 1 heterocycles. The van der Waals surface area contributed by atoms with Gasteiger partial charge in [0.25, 0.3) is 0 Å². The highest BCUT2D eigenvalue weighted by molar-refractivity contribution is 7.99. The molecular weight excluding hydrogens is 438 g/mol. The topological polar surface area (TPSA) is 98.1 Å². The molecule has 0 fully saturated rings. The summed E-state index contributed by atoms with van der Waals surface area (Å²) in [4.78, 5) is 23.7. The lowest BCUT2D eigenvalue weighted by molar-refractivity contribution is -0.117. The highest BCUT2D eigenvalue weighted by Gasteiger charge is 2.18. The van der Waals surface area contributed by atoms with Crippen molar-refractivity contribution in [3.05, 3.63) is 53.6 Å². The predicted molar refractivity (Wildman–Crippen MR) is 121 cm³/mol. The molecule has 0 unspecified atom stereocenters. The van der Waals surface area contributed by atoms with Crippen molar-refractivity contribution < 1.29 is 14.3 Å². The van der Waals surface area contributed by atoms with E-state index < -0.39 is 11.9 Å². The van der Waals surface area contributed by atoms with Crippen molar-refractivity contribution in [1.82, 2.24) is 25.4 Å². The number of thioether (sulfide) groups is 1. The lowest BCUT2D eigenvalue weighted by Gasteiger charge is -2.12. The molecule has 3 amide bonds. The fourth-order valence-corrected chi connectivity index (χ4v) is 3.71. The second-order valence-electron chi connectivity index (χ2n) is 6.28. The van der Waals surface area contributed by atoms with Crippen LogP contribution in [-0.2, 0) is 4.79 Å². The number of urea groups is 1. The Kier molecular flexibility index (Phi) is 7.91. The van der Waals surface area contributed by atoms with E-state index in [9.17, 15) is 9.59 Å². The van der Waals surface area contributed by atoms with Gasteiger partial charge in [0.1, 0.15) is 5.75 Å². The average molecular weight is 460 g/mol. The first-order valence-corrected chi connectivity index (χ1v) is 11.0. The number of benzene rings is 2. The third kappa shape index (κ3) is 5.99. The first kappa shape index (κ1) is 22.6. The third-order valence-electron chi connectivity index (χ3n) is 4.04. The summed E-state index contributed by atoms with van der Waals surface area (Å²) in [6.45, 7) is 4.70. The zero-order valence-corrected chi connectivity index (χ0v) is 18.7. The molecule has 0 spiro atoms. The normalized spacial score (nSPS) is 10.5. The maximum Gasteiger partial charge on any atom is 0.321 e. The fourth-order valence-electron chi connectivity index (χ4n) is 2.77. The van der Waals surface area contributed by atoms with Gasteiger partial charge >= 0.3 is 6.03 Å². The second-order valence-corrected chi connectivity index (χ2v) is 7.65. The molecule has 0 radical (unpaired) electrons. The van der Waals surface area contributed by atoms with E-state index in [1.54, 1.807) is 19.1 Å². The van der Waals surface area contributed by atoms with E-state index in [-0.39, 0.29) is 5.75 Å². The van der Waals surface area contributed by atoms with E-state index in [4.69, 9.17) is 16.3 Å². The molecule has 0 bridgehead atoms. The number of nitrogens with one attached hydrogen (secondary N) is 2. The van der Waals surface area contributed by atoms with E-state index in [0.29, 0.717) is 29.2 Å². The van der Waals surface area contributed by atoms with Crippen LogP contribution < -0.4 is 15.4 Å². The lowest BCUT2D eigenvalue weighted by Crippen LogP contribution is -2.40. The summed E-state index contributed by atoms with van der Waals surface area (Å²) >= 11 is 7.34. The van der Waals surface area contributed by atoms with Crippen LogP contribution in [0, 0.1) is 0 Å². The summed E-state index contributed by atoms with van der Waals surface area (Å²) in [5, 5.41) is 14.5. The molecule has 3 rings (SSSR count). The highest BCUT2D eigenvalue weighted by Crippen LogP contribution is 2.30. The van der Waals surface area contributed by atoms with Crippen LogP contribution in [0.5, 0.6) is 5.75 Å². The van der Waals surface area contributed by atoms with Crippen LogP contribution in [0.4, 0.5) is 4.79 Å². The molecule has 8 nitrogen and oxygen atoms in total. The maximum atomic E-state index is 12.1. The molecule has 1 aromatic heterocycles. The quantitative estimate of drug-likeness (QED) is 0.495. The van der Waals surface area contributed by atoms with Gasteiger partial charge in [0.05, 0.1) is 12.4 Å². The SMILES string of the molecule is CCNC(=O)NC(=O)CSc1nnc(-c2cccc(Cl)c2)n1-c1ccc(OCC)cc1. The van der Waals surface area contributed by atoms with Gasteiger partial charge in [-0.25, -0.2) is 4.79 Å². The Morgan fingerprint density at radius 2 is 1.90 bits per heavy atom. The van der Waals surface area contributed by atoms with Crippen molar-refractivity contribution in [3.8, 4) is 22.8 Å². The number of rotatable bonds is 8. The highest BCUT2D eigenvalue weighted by atomic mass is 35.5. The molecule has 2 aromatic carbocycles. The molecule has 0 saturated carbocycles. The van der Waals surface area contributed by atoms with E-state index in [1.165, 1.54) is 11.8 Å². The van der Waals surface area contributed by atoms with Crippen LogP contribution in [0.3, 0.4) is 0 Å². The lowest BCUT2D eigenvalue weighted by atomic mass is 10.2. The Balaban J connectivity index is 1.90. The summed E-state index contributed by atoms with van der Waals surface area (Å²) in [6, 6.07) is 14.3. The molecule has 0 atom stereocenters. The van der Waals surface area contributed by atoms with Gasteiger partial charge in [-0.1, -0.05) is 35.5 Å². The molecular formula is C21H22ClN5O3S. The number of imide groups is 1. The molecule has 0 aliphatic heterocycles. The molecule has 2 N–H and O–H groups in total. The summed E-state index contributed by atoms with van der Waals surface area (Å²) < 4.78 is 7.36. The third-order valence-corrected chi connectivity index (χ3v) is 5.21. The summed E-state index contributed by atoms with van der Waals surface area (Å²) in [5.41, 5.74) is 1.59. The molecule has 3 aromatic rings. The van der Waals surface area contributed by atoms with Crippen LogP contribution in [-0.4, -0.2) is 45.6 Å². The minimum absolute atomic E-state index is 0.00183. The molecule has 0 aliphatic carbocycles. The first-order valence-electron chi connectivity index (χ1n) is 9.66. The van der Waals surface area contributed by atoms with Crippen molar-refractivity contribution in [2.75, 3.05) is 18.9 Å². The minimum Gasteiger partial charge on any atom is -0.494 e. The van der Waals surface area contributed by atoms with Crippen LogP contribution in [0.25, 0.3) is 17.1 Å². The number of ether oxygens (including phenoxy) is 1. The second kappa shape index (κ2) is 10.8. The maximum absolute atomic E-state index is 12.1. The monoisotopic (exact) mass is 459 g/mol. The summed E-state index contributed by atoms with van der Waals surface area (Å²) in [5.74, 6) is 0.904. The zero-order chi connectivity index (χ0) is 22.2. The number of aromatic nitrogens is 3. The summed E-state index contributed by atoms with van der Waals surface area (Å²) in [6.07, 6.45) is 0. The molecule has 10 heteroatoms. The molecule has 0 aliphatic rings. The number of amides is 3. The Morgan fingerprint density at radius 3 is 2.58 bits per heavy atom. The van der Waals surface area contributed by atoms with Gasteiger partial charge in [-0.15, -0.1) is 10.2 Å². The summed E-state index contributed by atoms with van der Waals surface area (Å²) in [7, 11) is 0. The number of carbonyl (C=O) groups is 2. The number of hydrogen-bond acceptors (Lipinski definition) is 6. The number of halogens is 1. The van der Waals surface area contributed by atoms with Crippen molar-refractivity contribution in [1.29, 1.82) is 0 Å². The van der Waals surface area contributed by atoms with Gasteiger partial charge in [-0.3, -0.25) is 14.7 Å². The molecule has 162 valence electrons. The van der Waals surface area contributed by atoms with Gasteiger partial charge in [-0.2, -0.15) is 0 Å². The van der Waals surface area contributed by atoms with Gasteiger partial charge < -0.3 is 10.1 Å². The predicted octanol–water partition coefficient (Wildman–Crippen LogP) is 3.92. The number of hydrogen-bond donors (Lipinski definition) is 2. The zero-order valence-electron chi connectivity index (χ0n) is 17.1. The van der Waals surface area contributed by atoms with Crippen molar-refractivity contribution in [3.63, 3.8) is 0 Å². The van der Waals surface area contributed by atoms with E-state index in [0.717, 1.165) is 17.0 Å². The van der Waals surface area contributed by atoms with Crippen LogP contribution in [0.15, 0.2) is 53.7 Å². The van der Waals surface area contributed by atoms with Crippen molar-refractivity contribution in [2.45, 2.75) is 19.0 Å². The van der Waals surface area contributed by atoms with E-state index in [2.05, 4.69) is 20.8 Å². The minimum atomic E-state index is -0.527. The Labute approximate surface area is 189 Å². The van der Waals surface area contributed by atoms with Crippen LogP contribution >= 0.6 is 23.4 Å². The fraction of sp³-hybridized carbons (Fsp3) is 0.238. The Morgan fingerprint density at radius 1 is 1.13 bits per heavy atom. The van der Waals surface area contributed by atoms with Gasteiger partial charge in [0, 0.05) is 22.8 Å². The van der Waals surface area contributed by atoms with Gasteiger partial charge in [0.2, 0.25) is 5.91 Å². The Bertz CT molecular complexity index is 1060. The van der Waals surface area contributed by atoms with E-state index in [1.807, 2.05) is 47.9 Å². The van der Waals surface area contributed by atoms with Crippen LogP contribution in [0.2, 0.25) is 5.02 Å². The first-order chi connectivity index (χ1) is 15.0. The van der Waals surface area contributed by atoms with Gasteiger partial charge in [0.15, 0.2) is 11.0 Å². The smallest absolute Gasteiger partial charge is 0.321 e. The van der Waals surface area contributed by atoms with Crippen molar-refractivity contribution >= 4 is 35.3 Å². The Hall–Kier alpha value is -3.04. The largest absolute Gasteiger partial charge is 0.494 e.